The summed E-state index contributed by atoms with van der Waals surface area (Å²) in [4.78, 5) is 26.7. The van der Waals surface area contributed by atoms with Crippen LogP contribution in [0.1, 0.15) is 28.8 Å². The lowest BCUT2D eigenvalue weighted by atomic mass is 10.0. The Morgan fingerprint density at radius 1 is 0.935 bits per heavy atom. The zero-order valence-electron chi connectivity index (χ0n) is 17.0. The van der Waals surface area contributed by atoms with E-state index in [4.69, 9.17) is 12.2 Å². The van der Waals surface area contributed by atoms with Gasteiger partial charge in [0.25, 0.3) is 5.91 Å². The summed E-state index contributed by atoms with van der Waals surface area (Å²) in [6.45, 7) is 1.60. The van der Waals surface area contributed by atoms with Crippen LogP contribution >= 0.6 is 12.2 Å². The van der Waals surface area contributed by atoms with Gasteiger partial charge in [-0.25, -0.2) is 0 Å². The van der Waals surface area contributed by atoms with Crippen LogP contribution in [0.2, 0.25) is 0 Å². The molecular formula is C25H23N3O2S. The molecule has 6 heteroatoms. The van der Waals surface area contributed by atoms with E-state index in [0.29, 0.717) is 11.3 Å². The molecule has 0 radical (unpaired) electrons. The lowest BCUT2D eigenvalue weighted by molar-refractivity contribution is -0.115. The van der Waals surface area contributed by atoms with E-state index in [-0.39, 0.29) is 16.9 Å². The normalized spacial score (nSPS) is 13.5. The van der Waals surface area contributed by atoms with Crippen LogP contribution in [0.25, 0.3) is 16.8 Å². The summed E-state index contributed by atoms with van der Waals surface area (Å²) in [5, 5.41) is 8.00. The van der Waals surface area contributed by atoms with E-state index in [1.165, 1.54) is 6.08 Å². The average molecular weight is 430 g/mol. The van der Waals surface area contributed by atoms with Crippen LogP contribution in [0.5, 0.6) is 0 Å². The molecule has 31 heavy (non-hydrogen) atoms. The van der Waals surface area contributed by atoms with Gasteiger partial charge in [0.15, 0.2) is 5.11 Å². The Balaban J connectivity index is 1.37. The summed E-state index contributed by atoms with van der Waals surface area (Å²) in [7, 11) is 0. The van der Waals surface area contributed by atoms with Gasteiger partial charge in [0, 0.05) is 30.4 Å². The number of benzene rings is 3. The van der Waals surface area contributed by atoms with Crippen LogP contribution < -0.4 is 10.6 Å². The predicted octanol–water partition coefficient (Wildman–Crippen LogP) is 4.60. The largest absolute Gasteiger partial charge is 0.339 e. The molecular weight excluding hydrogens is 406 g/mol. The topological polar surface area (TPSA) is 61.4 Å². The Kier molecular flexibility index (Phi) is 6.38. The Labute approximate surface area is 186 Å². The second-order valence-electron chi connectivity index (χ2n) is 7.43. The number of nitrogens with zero attached hydrogens (tertiary/aromatic N) is 1. The van der Waals surface area contributed by atoms with Gasteiger partial charge in [-0.05, 0) is 65.7 Å². The second-order valence-corrected chi connectivity index (χ2v) is 7.83. The lowest BCUT2D eigenvalue weighted by Gasteiger charge is -2.16. The fourth-order valence-corrected chi connectivity index (χ4v) is 3.93. The third kappa shape index (κ3) is 5.16. The number of likely N-dealkylation sites (tertiary alicyclic amines) is 1. The molecule has 5 nitrogen and oxygen atoms in total. The van der Waals surface area contributed by atoms with Crippen LogP contribution in [0.3, 0.4) is 0 Å². The number of hydrogen-bond donors (Lipinski definition) is 2. The van der Waals surface area contributed by atoms with E-state index < -0.39 is 0 Å². The van der Waals surface area contributed by atoms with Crippen LogP contribution in [-0.4, -0.2) is 34.9 Å². The van der Waals surface area contributed by atoms with Crippen molar-refractivity contribution in [2.45, 2.75) is 12.8 Å². The number of amides is 2. The number of carbonyl (C=O) groups excluding carboxylic acids is 2. The molecule has 0 unspecified atom stereocenters. The number of hydrogen-bond acceptors (Lipinski definition) is 3. The quantitative estimate of drug-likeness (QED) is 0.470. The van der Waals surface area contributed by atoms with Crippen molar-refractivity contribution >= 4 is 51.7 Å². The zero-order chi connectivity index (χ0) is 21.6. The number of thiocarbonyl (C=S) groups is 1. The van der Waals surface area contributed by atoms with Gasteiger partial charge in [0.2, 0.25) is 5.91 Å². The van der Waals surface area contributed by atoms with Gasteiger partial charge in [-0.15, -0.1) is 0 Å². The Morgan fingerprint density at radius 3 is 2.52 bits per heavy atom. The number of nitrogens with one attached hydrogen (secondary N) is 2. The first-order valence-electron chi connectivity index (χ1n) is 10.3. The Hall–Kier alpha value is -3.51. The first kappa shape index (κ1) is 20.8. The summed E-state index contributed by atoms with van der Waals surface area (Å²) in [5.41, 5.74) is 2.23. The highest BCUT2D eigenvalue weighted by Crippen LogP contribution is 2.19. The van der Waals surface area contributed by atoms with E-state index in [1.54, 1.807) is 24.3 Å². The SMILES string of the molecule is O=C(/C=C/c1cccc2ccccc12)NC(=S)Nc1cccc(C(=O)N2CCCC2)c1. The summed E-state index contributed by atoms with van der Waals surface area (Å²) < 4.78 is 0. The van der Waals surface area contributed by atoms with Gasteiger partial charge in [-0.3, -0.25) is 14.9 Å². The van der Waals surface area contributed by atoms with Crippen molar-refractivity contribution in [3.8, 4) is 0 Å². The molecule has 0 spiro atoms. The van der Waals surface area contributed by atoms with Crippen molar-refractivity contribution in [1.29, 1.82) is 0 Å². The minimum atomic E-state index is -0.324. The number of rotatable bonds is 4. The Morgan fingerprint density at radius 2 is 1.68 bits per heavy atom. The van der Waals surface area contributed by atoms with Crippen molar-refractivity contribution in [3.05, 3.63) is 83.9 Å². The smallest absolute Gasteiger partial charge is 0.253 e. The van der Waals surface area contributed by atoms with Gasteiger partial charge in [-0.2, -0.15) is 0 Å². The molecule has 156 valence electrons. The average Bonchev–Trinajstić information content (AvgIpc) is 3.32. The van der Waals surface area contributed by atoms with E-state index >= 15 is 0 Å². The molecule has 0 atom stereocenters. The summed E-state index contributed by atoms with van der Waals surface area (Å²) in [6, 6.07) is 21.1. The Bertz CT molecular complexity index is 1160. The molecule has 1 heterocycles. The first-order valence-corrected chi connectivity index (χ1v) is 10.7. The summed E-state index contributed by atoms with van der Waals surface area (Å²) in [6.07, 6.45) is 5.33. The maximum atomic E-state index is 12.6. The van der Waals surface area contributed by atoms with Crippen molar-refractivity contribution < 1.29 is 9.59 Å². The predicted molar refractivity (Wildman–Crippen MR) is 129 cm³/mol. The van der Waals surface area contributed by atoms with Crippen molar-refractivity contribution in [1.82, 2.24) is 10.2 Å². The van der Waals surface area contributed by atoms with Crippen molar-refractivity contribution in [2.24, 2.45) is 0 Å². The van der Waals surface area contributed by atoms with Crippen LogP contribution in [0.15, 0.2) is 72.8 Å². The molecule has 1 fully saturated rings. The van der Waals surface area contributed by atoms with Crippen LogP contribution in [0.4, 0.5) is 5.69 Å². The monoisotopic (exact) mass is 429 g/mol. The molecule has 2 amide bonds. The van der Waals surface area contributed by atoms with Crippen LogP contribution in [0, 0.1) is 0 Å². The molecule has 4 rings (SSSR count). The number of anilines is 1. The zero-order valence-corrected chi connectivity index (χ0v) is 17.8. The van der Waals surface area contributed by atoms with Gasteiger partial charge >= 0.3 is 0 Å². The molecule has 3 aromatic rings. The fraction of sp³-hybridized carbons (Fsp3) is 0.160. The molecule has 1 saturated heterocycles. The maximum Gasteiger partial charge on any atom is 0.253 e. The highest BCUT2D eigenvalue weighted by atomic mass is 32.1. The van der Waals surface area contributed by atoms with Gasteiger partial charge in [0.05, 0.1) is 0 Å². The molecule has 0 aromatic heterocycles. The van der Waals surface area contributed by atoms with Gasteiger partial charge < -0.3 is 10.2 Å². The summed E-state index contributed by atoms with van der Waals surface area (Å²) in [5.74, 6) is -0.302. The molecule has 1 aliphatic rings. The summed E-state index contributed by atoms with van der Waals surface area (Å²) >= 11 is 5.26. The number of fused-ring (bicyclic) bond motifs is 1. The second kappa shape index (κ2) is 9.53. The fourth-order valence-electron chi connectivity index (χ4n) is 3.71. The minimum Gasteiger partial charge on any atom is -0.339 e. The molecule has 0 bridgehead atoms. The highest BCUT2D eigenvalue weighted by Gasteiger charge is 2.19. The van der Waals surface area contributed by atoms with E-state index in [1.807, 2.05) is 53.4 Å². The van der Waals surface area contributed by atoms with Crippen molar-refractivity contribution in [2.75, 3.05) is 18.4 Å². The lowest BCUT2D eigenvalue weighted by Crippen LogP contribution is -2.33. The van der Waals surface area contributed by atoms with E-state index in [9.17, 15) is 9.59 Å². The third-order valence-corrected chi connectivity index (χ3v) is 5.44. The maximum absolute atomic E-state index is 12.6. The molecule has 3 aromatic carbocycles. The third-order valence-electron chi connectivity index (χ3n) is 5.24. The highest BCUT2D eigenvalue weighted by molar-refractivity contribution is 7.80. The molecule has 0 saturated carbocycles. The number of carbonyl (C=O) groups is 2. The van der Waals surface area contributed by atoms with E-state index in [0.717, 1.165) is 42.3 Å². The minimum absolute atomic E-state index is 0.0223. The molecule has 1 aliphatic heterocycles. The van der Waals surface area contributed by atoms with Gasteiger partial charge in [-0.1, -0.05) is 48.5 Å². The first-order chi connectivity index (χ1) is 15.1. The standard InChI is InChI=1S/C25H23N3O2S/c29-23(14-13-19-9-5-8-18-7-1-2-12-22(18)19)27-25(31)26-21-11-6-10-20(17-21)24(30)28-15-3-4-16-28/h1-2,5-14,17H,3-4,15-16H2,(H2,26,27,29,31)/b14-13+. The molecule has 0 aliphatic carbocycles. The molecule has 2 N–H and O–H groups in total. The van der Waals surface area contributed by atoms with Crippen LogP contribution in [-0.2, 0) is 4.79 Å². The van der Waals surface area contributed by atoms with Gasteiger partial charge in [0.1, 0.15) is 0 Å². The van der Waals surface area contributed by atoms with Crippen molar-refractivity contribution in [3.63, 3.8) is 0 Å². The van der Waals surface area contributed by atoms with E-state index in [2.05, 4.69) is 10.6 Å².